The van der Waals surface area contributed by atoms with Gasteiger partial charge < -0.3 is 5.73 Å². The fraction of sp³-hybridized carbons (Fsp3) is 0.462. The summed E-state index contributed by atoms with van der Waals surface area (Å²) >= 11 is 0. The Morgan fingerprint density at radius 3 is 2.47 bits per heavy atom. The molecule has 1 aromatic rings. The highest BCUT2D eigenvalue weighted by molar-refractivity contribution is 5.80. The number of nitrogens with two attached hydrogens (primary N) is 1. The van der Waals surface area contributed by atoms with Gasteiger partial charge in [-0.25, -0.2) is 0 Å². The molecule has 2 nitrogen and oxygen atoms in total. The van der Waals surface area contributed by atoms with Gasteiger partial charge in [-0.1, -0.05) is 44.2 Å². The molecule has 0 aliphatic carbocycles. The summed E-state index contributed by atoms with van der Waals surface area (Å²) in [5.41, 5.74) is 7.10. The van der Waals surface area contributed by atoms with Crippen LogP contribution in [0, 0.1) is 0 Å². The lowest BCUT2D eigenvalue weighted by Gasteiger charge is -2.11. The Labute approximate surface area is 92.2 Å². The number of hydrogen-bond acceptors (Lipinski definition) is 1. The molecule has 0 radical (unpaired) electrons. The number of rotatable bonds is 5. The first kappa shape index (κ1) is 11.8. The molecule has 0 saturated heterocycles. The molecule has 0 spiro atoms. The van der Waals surface area contributed by atoms with Gasteiger partial charge in [0.05, 0.1) is 11.9 Å². The quantitative estimate of drug-likeness (QED) is 0.580. The Kier molecular flexibility index (Phi) is 4.88. The summed E-state index contributed by atoms with van der Waals surface area (Å²) in [6.45, 7) is 4.26. The van der Waals surface area contributed by atoms with Crippen molar-refractivity contribution >= 4 is 5.84 Å². The first-order valence-corrected chi connectivity index (χ1v) is 5.65. The first-order chi connectivity index (χ1) is 7.27. The highest BCUT2D eigenvalue weighted by Gasteiger charge is 2.06. The molecule has 0 saturated carbocycles. The molecule has 82 valence electrons. The lowest BCUT2D eigenvalue weighted by atomic mass is 10.1. The van der Waals surface area contributed by atoms with Crippen molar-refractivity contribution in [3.63, 3.8) is 0 Å². The number of hydrogen-bond donors (Lipinski definition) is 1. The van der Waals surface area contributed by atoms with Gasteiger partial charge in [-0.2, -0.15) is 0 Å². The Morgan fingerprint density at radius 2 is 1.93 bits per heavy atom. The molecule has 1 unspecified atom stereocenters. The maximum atomic E-state index is 5.85. The van der Waals surface area contributed by atoms with Gasteiger partial charge in [0.15, 0.2) is 0 Å². The van der Waals surface area contributed by atoms with E-state index >= 15 is 0 Å². The summed E-state index contributed by atoms with van der Waals surface area (Å²) in [6.07, 6.45) is 2.94. The van der Waals surface area contributed by atoms with Crippen LogP contribution in [0.15, 0.2) is 35.3 Å². The van der Waals surface area contributed by atoms with Crippen LogP contribution in [0.5, 0.6) is 0 Å². The molecule has 2 heteroatoms. The zero-order valence-corrected chi connectivity index (χ0v) is 9.61. The van der Waals surface area contributed by atoms with Gasteiger partial charge in [0.25, 0.3) is 0 Å². The minimum absolute atomic E-state index is 0.220. The van der Waals surface area contributed by atoms with Crippen molar-refractivity contribution in [2.75, 3.05) is 0 Å². The fourth-order valence-electron chi connectivity index (χ4n) is 1.60. The first-order valence-electron chi connectivity index (χ1n) is 5.65. The highest BCUT2D eigenvalue weighted by Crippen LogP contribution is 2.20. The average molecular weight is 204 g/mol. The Bertz CT molecular complexity index is 304. The van der Waals surface area contributed by atoms with Crippen molar-refractivity contribution in [1.29, 1.82) is 0 Å². The lowest BCUT2D eigenvalue weighted by Crippen LogP contribution is -2.13. The number of benzene rings is 1. The van der Waals surface area contributed by atoms with Crippen molar-refractivity contribution in [2.45, 2.75) is 39.2 Å². The second-order valence-electron chi connectivity index (χ2n) is 3.71. The molecule has 1 rings (SSSR count). The van der Waals surface area contributed by atoms with Crippen molar-refractivity contribution in [2.24, 2.45) is 10.7 Å². The Balaban J connectivity index is 2.76. The van der Waals surface area contributed by atoms with E-state index in [-0.39, 0.29) is 6.04 Å². The molecule has 0 bridgehead atoms. The smallest absolute Gasteiger partial charge is 0.0944 e. The standard InChI is InChI=1S/C13H20N2/c1-3-8-13(14)15-12(4-2)11-9-6-5-7-10-11/h5-7,9-10,12H,3-4,8H2,1-2H3,(H2,14,15). The molecule has 0 aliphatic heterocycles. The summed E-state index contributed by atoms with van der Waals surface area (Å²) in [7, 11) is 0. The van der Waals surface area contributed by atoms with Crippen LogP contribution in [-0.4, -0.2) is 5.84 Å². The average Bonchev–Trinajstić information content (AvgIpc) is 2.27. The van der Waals surface area contributed by atoms with E-state index in [1.165, 1.54) is 5.56 Å². The predicted molar refractivity (Wildman–Crippen MR) is 66.0 cm³/mol. The third-order valence-corrected chi connectivity index (χ3v) is 2.40. The Hall–Kier alpha value is -1.31. The van der Waals surface area contributed by atoms with Crippen LogP contribution in [0.2, 0.25) is 0 Å². The van der Waals surface area contributed by atoms with Crippen molar-refractivity contribution < 1.29 is 0 Å². The van der Waals surface area contributed by atoms with Gasteiger partial charge in [-0.3, -0.25) is 4.99 Å². The van der Waals surface area contributed by atoms with Crippen LogP contribution < -0.4 is 5.73 Å². The van der Waals surface area contributed by atoms with Gasteiger partial charge in [0.2, 0.25) is 0 Å². The summed E-state index contributed by atoms with van der Waals surface area (Å²) in [6, 6.07) is 10.5. The topological polar surface area (TPSA) is 38.4 Å². The normalized spacial score (nSPS) is 13.9. The van der Waals surface area contributed by atoms with Crippen LogP contribution in [0.3, 0.4) is 0 Å². The maximum absolute atomic E-state index is 5.85. The van der Waals surface area contributed by atoms with Gasteiger partial charge >= 0.3 is 0 Å². The molecule has 0 heterocycles. The van der Waals surface area contributed by atoms with E-state index in [1.807, 2.05) is 18.2 Å². The number of nitrogens with zero attached hydrogens (tertiary/aromatic N) is 1. The van der Waals surface area contributed by atoms with E-state index in [1.54, 1.807) is 0 Å². The van der Waals surface area contributed by atoms with Gasteiger partial charge in [0.1, 0.15) is 0 Å². The second-order valence-corrected chi connectivity index (χ2v) is 3.71. The molecule has 0 aromatic heterocycles. The molecule has 0 aliphatic rings. The molecule has 0 fully saturated rings. The number of amidine groups is 1. The summed E-state index contributed by atoms with van der Waals surface area (Å²) in [5.74, 6) is 0.771. The van der Waals surface area contributed by atoms with Gasteiger partial charge in [-0.05, 0) is 18.4 Å². The SMILES string of the molecule is CCCC(N)=NC(CC)c1ccccc1. The molecular weight excluding hydrogens is 184 g/mol. The summed E-state index contributed by atoms with van der Waals surface area (Å²) < 4.78 is 0. The fourth-order valence-corrected chi connectivity index (χ4v) is 1.60. The van der Waals surface area contributed by atoms with Gasteiger partial charge in [0, 0.05) is 6.42 Å². The van der Waals surface area contributed by atoms with Crippen LogP contribution in [0.1, 0.15) is 44.7 Å². The minimum Gasteiger partial charge on any atom is -0.387 e. The Morgan fingerprint density at radius 1 is 1.27 bits per heavy atom. The summed E-state index contributed by atoms with van der Waals surface area (Å²) in [4.78, 5) is 4.55. The molecule has 15 heavy (non-hydrogen) atoms. The second kappa shape index (κ2) is 6.23. The minimum atomic E-state index is 0.220. The maximum Gasteiger partial charge on any atom is 0.0944 e. The number of aliphatic imine (C=N–C) groups is 1. The lowest BCUT2D eigenvalue weighted by molar-refractivity contribution is 0.695. The van der Waals surface area contributed by atoms with Crippen LogP contribution >= 0.6 is 0 Å². The van der Waals surface area contributed by atoms with Crippen LogP contribution in [0.25, 0.3) is 0 Å². The van der Waals surface area contributed by atoms with Crippen LogP contribution in [0.4, 0.5) is 0 Å². The van der Waals surface area contributed by atoms with Crippen molar-refractivity contribution in [3.05, 3.63) is 35.9 Å². The van der Waals surface area contributed by atoms with E-state index in [4.69, 9.17) is 5.73 Å². The molecule has 1 atom stereocenters. The van der Waals surface area contributed by atoms with Crippen molar-refractivity contribution in [3.8, 4) is 0 Å². The predicted octanol–water partition coefficient (Wildman–Crippen LogP) is 3.30. The van der Waals surface area contributed by atoms with E-state index in [2.05, 4.69) is 31.0 Å². The zero-order valence-electron chi connectivity index (χ0n) is 9.61. The van der Waals surface area contributed by atoms with Gasteiger partial charge in [-0.15, -0.1) is 0 Å². The monoisotopic (exact) mass is 204 g/mol. The van der Waals surface area contributed by atoms with E-state index in [0.29, 0.717) is 0 Å². The highest BCUT2D eigenvalue weighted by atomic mass is 14.9. The molecule has 1 aromatic carbocycles. The summed E-state index contributed by atoms with van der Waals surface area (Å²) in [5, 5.41) is 0. The third kappa shape index (κ3) is 3.74. The zero-order chi connectivity index (χ0) is 11.1. The van der Waals surface area contributed by atoms with E-state index < -0.39 is 0 Å². The largest absolute Gasteiger partial charge is 0.387 e. The van der Waals surface area contributed by atoms with Crippen molar-refractivity contribution in [1.82, 2.24) is 0 Å². The van der Waals surface area contributed by atoms with E-state index in [9.17, 15) is 0 Å². The molecule has 2 N–H and O–H groups in total. The molecular formula is C13H20N2. The van der Waals surface area contributed by atoms with Crippen LogP contribution in [-0.2, 0) is 0 Å². The molecule has 0 amide bonds. The third-order valence-electron chi connectivity index (χ3n) is 2.40. The van der Waals surface area contributed by atoms with E-state index in [0.717, 1.165) is 25.1 Å².